The van der Waals surface area contributed by atoms with Crippen molar-refractivity contribution in [3.63, 3.8) is 0 Å². The van der Waals surface area contributed by atoms with Crippen LogP contribution in [0.15, 0.2) is 48.5 Å². The van der Waals surface area contributed by atoms with E-state index in [1.807, 2.05) is 63.2 Å². The first-order chi connectivity index (χ1) is 17.6. The summed E-state index contributed by atoms with van der Waals surface area (Å²) < 4.78 is 26.5. The van der Waals surface area contributed by atoms with Crippen LogP contribution in [0.4, 0.5) is 5.69 Å². The van der Waals surface area contributed by atoms with Gasteiger partial charge in [-0.25, -0.2) is 8.42 Å². The molecule has 1 aliphatic carbocycles. The summed E-state index contributed by atoms with van der Waals surface area (Å²) in [6.45, 7) is 6.34. The molecule has 0 aliphatic heterocycles. The van der Waals surface area contributed by atoms with Gasteiger partial charge in [-0.2, -0.15) is 0 Å². The van der Waals surface area contributed by atoms with E-state index < -0.39 is 16.1 Å². The van der Waals surface area contributed by atoms with E-state index in [-0.39, 0.29) is 30.8 Å². The molecular weight excluding hydrogens is 486 g/mol. The van der Waals surface area contributed by atoms with Gasteiger partial charge < -0.3 is 10.2 Å². The van der Waals surface area contributed by atoms with Crippen LogP contribution in [0.5, 0.6) is 0 Å². The van der Waals surface area contributed by atoms with Crippen molar-refractivity contribution in [3.05, 3.63) is 65.2 Å². The number of carbonyl (C=O) groups is 2. The average molecular weight is 528 g/mol. The molecule has 1 N–H and O–H groups in total. The second-order valence-corrected chi connectivity index (χ2v) is 12.1. The maximum atomic E-state index is 13.6. The van der Waals surface area contributed by atoms with Gasteiger partial charge in [0.05, 0.1) is 11.9 Å². The van der Waals surface area contributed by atoms with E-state index in [2.05, 4.69) is 5.32 Å². The highest BCUT2D eigenvalue weighted by molar-refractivity contribution is 7.92. The van der Waals surface area contributed by atoms with E-state index in [0.717, 1.165) is 42.4 Å². The maximum absolute atomic E-state index is 13.6. The lowest BCUT2D eigenvalue weighted by Gasteiger charge is -2.32. The quantitative estimate of drug-likeness (QED) is 0.433. The number of hydrogen-bond acceptors (Lipinski definition) is 4. The number of benzene rings is 2. The van der Waals surface area contributed by atoms with E-state index in [4.69, 9.17) is 0 Å². The van der Waals surface area contributed by atoms with E-state index in [1.54, 1.807) is 11.0 Å². The number of rotatable bonds is 12. The molecule has 2 aromatic rings. The van der Waals surface area contributed by atoms with Gasteiger partial charge in [0.2, 0.25) is 21.8 Å². The molecule has 7 nitrogen and oxygen atoms in total. The van der Waals surface area contributed by atoms with Crippen LogP contribution in [-0.4, -0.2) is 50.0 Å². The molecule has 0 bridgehead atoms. The molecule has 0 spiro atoms. The molecule has 1 fully saturated rings. The SMILES string of the molecule is CC[C@@H](C(=O)NC1CCCC1)N(Cc1ccc(C)cc1)C(=O)CCCN(c1ccccc1C)S(C)(=O)=O. The predicted octanol–water partition coefficient (Wildman–Crippen LogP) is 4.72. The Labute approximate surface area is 222 Å². The van der Waals surface area contributed by atoms with E-state index in [1.165, 1.54) is 10.6 Å². The molecule has 2 aromatic carbocycles. The van der Waals surface area contributed by atoms with Gasteiger partial charge in [-0.1, -0.05) is 67.8 Å². The summed E-state index contributed by atoms with van der Waals surface area (Å²) in [6.07, 6.45) is 6.39. The van der Waals surface area contributed by atoms with Crippen molar-refractivity contribution < 1.29 is 18.0 Å². The molecule has 1 aliphatic rings. The normalized spacial score (nSPS) is 14.8. The monoisotopic (exact) mass is 527 g/mol. The molecule has 0 heterocycles. The van der Waals surface area contributed by atoms with Crippen LogP contribution >= 0.6 is 0 Å². The van der Waals surface area contributed by atoms with Crippen LogP contribution < -0.4 is 9.62 Å². The van der Waals surface area contributed by atoms with Crippen molar-refractivity contribution in [2.75, 3.05) is 17.1 Å². The standard InChI is InChI=1S/C29H41N3O4S/c1-5-26(29(34)30-25-12-7-8-13-25)31(21-24-18-16-22(2)17-19-24)28(33)15-10-20-32(37(4,35)36)27-14-9-6-11-23(27)3/h6,9,11,14,16-19,25-26H,5,7-8,10,12-13,15,20-21H2,1-4H3,(H,30,34)/t26-/m0/s1. The minimum atomic E-state index is -3.51. The molecule has 0 radical (unpaired) electrons. The highest BCUT2D eigenvalue weighted by Crippen LogP contribution is 2.23. The Morgan fingerprint density at radius 2 is 1.68 bits per heavy atom. The Balaban J connectivity index is 1.76. The third-order valence-electron chi connectivity index (χ3n) is 7.10. The van der Waals surface area contributed by atoms with Crippen LogP contribution in [0.25, 0.3) is 0 Å². The summed E-state index contributed by atoms with van der Waals surface area (Å²) in [5.41, 5.74) is 3.57. The first-order valence-electron chi connectivity index (χ1n) is 13.3. The fraction of sp³-hybridized carbons (Fsp3) is 0.517. The summed E-state index contributed by atoms with van der Waals surface area (Å²) >= 11 is 0. The largest absolute Gasteiger partial charge is 0.352 e. The second kappa shape index (κ2) is 13.1. The number of sulfonamides is 1. The van der Waals surface area contributed by atoms with Gasteiger partial charge in [0.1, 0.15) is 6.04 Å². The Morgan fingerprint density at radius 3 is 2.27 bits per heavy atom. The van der Waals surface area contributed by atoms with Crippen molar-refractivity contribution in [2.45, 2.75) is 84.3 Å². The Kier molecular flexibility index (Phi) is 10.1. The first-order valence-corrected chi connectivity index (χ1v) is 15.1. The molecule has 1 saturated carbocycles. The van der Waals surface area contributed by atoms with Crippen molar-refractivity contribution in [2.24, 2.45) is 0 Å². The minimum absolute atomic E-state index is 0.104. The number of carbonyl (C=O) groups excluding carboxylic acids is 2. The topological polar surface area (TPSA) is 86.8 Å². The summed E-state index contributed by atoms with van der Waals surface area (Å²) in [7, 11) is -3.51. The lowest BCUT2D eigenvalue weighted by molar-refractivity contribution is -0.141. The molecular formula is C29H41N3O4S. The fourth-order valence-electron chi connectivity index (χ4n) is 5.00. The van der Waals surface area contributed by atoms with E-state index in [9.17, 15) is 18.0 Å². The highest BCUT2D eigenvalue weighted by atomic mass is 32.2. The Hall–Kier alpha value is -2.87. The molecule has 37 heavy (non-hydrogen) atoms. The van der Waals surface area contributed by atoms with Crippen molar-refractivity contribution in [3.8, 4) is 0 Å². The van der Waals surface area contributed by atoms with Gasteiger partial charge in [0, 0.05) is 25.6 Å². The van der Waals surface area contributed by atoms with Gasteiger partial charge in [0.25, 0.3) is 0 Å². The number of anilines is 1. The third kappa shape index (κ3) is 8.06. The number of aryl methyl sites for hydroxylation is 2. The minimum Gasteiger partial charge on any atom is -0.352 e. The van der Waals surface area contributed by atoms with Crippen LogP contribution in [-0.2, 0) is 26.2 Å². The Bertz CT molecular complexity index is 1160. The molecule has 0 aromatic heterocycles. The van der Waals surface area contributed by atoms with Gasteiger partial charge in [-0.05, 0) is 56.7 Å². The maximum Gasteiger partial charge on any atom is 0.243 e. The number of amides is 2. The second-order valence-electron chi connectivity index (χ2n) is 10.1. The summed E-state index contributed by atoms with van der Waals surface area (Å²) in [4.78, 5) is 28.5. The Morgan fingerprint density at radius 1 is 1.03 bits per heavy atom. The molecule has 0 unspecified atom stereocenters. The van der Waals surface area contributed by atoms with Gasteiger partial charge in [-0.3, -0.25) is 13.9 Å². The van der Waals surface area contributed by atoms with E-state index in [0.29, 0.717) is 25.1 Å². The molecule has 202 valence electrons. The van der Waals surface area contributed by atoms with Gasteiger partial charge in [-0.15, -0.1) is 0 Å². The predicted molar refractivity (Wildman–Crippen MR) is 149 cm³/mol. The van der Waals surface area contributed by atoms with Crippen LogP contribution in [0.3, 0.4) is 0 Å². The zero-order valence-corrected chi connectivity index (χ0v) is 23.4. The number of nitrogens with one attached hydrogen (secondary N) is 1. The lowest BCUT2D eigenvalue weighted by Crippen LogP contribution is -2.51. The molecule has 1 atom stereocenters. The third-order valence-corrected chi connectivity index (χ3v) is 8.28. The molecule has 2 amide bonds. The number of para-hydroxylation sites is 1. The molecule has 3 rings (SSSR count). The molecule has 0 saturated heterocycles. The summed E-state index contributed by atoms with van der Waals surface area (Å²) in [6, 6.07) is 14.9. The van der Waals surface area contributed by atoms with Crippen LogP contribution in [0.2, 0.25) is 0 Å². The lowest BCUT2D eigenvalue weighted by atomic mass is 10.1. The summed E-state index contributed by atoms with van der Waals surface area (Å²) in [5.74, 6) is -0.250. The van der Waals surface area contributed by atoms with Crippen molar-refractivity contribution in [1.29, 1.82) is 0 Å². The fourth-order valence-corrected chi connectivity index (χ4v) is 6.03. The zero-order valence-electron chi connectivity index (χ0n) is 22.6. The van der Waals surface area contributed by atoms with Crippen LogP contribution in [0, 0.1) is 13.8 Å². The van der Waals surface area contributed by atoms with E-state index >= 15 is 0 Å². The number of nitrogens with zero attached hydrogens (tertiary/aromatic N) is 2. The van der Waals surface area contributed by atoms with Gasteiger partial charge in [0.15, 0.2) is 0 Å². The molecule has 8 heteroatoms. The van der Waals surface area contributed by atoms with Crippen molar-refractivity contribution >= 4 is 27.5 Å². The van der Waals surface area contributed by atoms with Crippen LogP contribution in [0.1, 0.15) is 68.6 Å². The van der Waals surface area contributed by atoms with Gasteiger partial charge >= 0.3 is 0 Å². The summed E-state index contributed by atoms with van der Waals surface area (Å²) in [5, 5.41) is 3.16. The van der Waals surface area contributed by atoms with Crippen molar-refractivity contribution in [1.82, 2.24) is 10.2 Å². The number of hydrogen-bond donors (Lipinski definition) is 1. The average Bonchev–Trinajstić information content (AvgIpc) is 3.36. The highest BCUT2D eigenvalue weighted by Gasteiger charge is 2.30. The zero-order chi connectivity index (χ0) is 27.0. The smallest absolute Gasteiger partial charge is 0.243 e. The first kappa shape index (κ1) is 28.7.